The molecule has 0 saturated heterocycles. The van der Waals surface area contributed by atoms with Gasteiger partial charge in [0.05, 0.1) is 44.6 Å². The first kappa shape index (κ1) is 21.9. The molecule has 5 aromatic carbocycles. The van der Waals surface area contributed by atoms with Crippen molar-refractivity contribution in [2.45, 2.75) is 13.8 Å². The number of fused-ring (bicyclic) bond motifs is 6. The lowest BCUT2D eigenvalue weighted by Gasteiger charge is -2.23. The Morgan fingerprint density at radius 2 is 0.711 bits per heavy atom. The Morgan fingerprint density at radius 1 is 0.447 bits per heavy atom. The Balaban J connectivity index is 1.79. The fourth-order valence-electron chi connectivity index (χ4n) is 6.12. The van der Waals surface area contributed by atoms with Crippen LogP contribution in [0.3, 0.4) is 0 Å². The zero-order valence-corrected chi connectivity index (χ0v) is 21.0. The number of nitriles is 2. The molecule has 38 heavy (non-hydrogen) atoms. The molecule has 0 unspecified atom stereocenters. The van der Waals surface area contributed by atoms with E-state index >= 15 is 0 Å². The summed E-state index contributed by atoms with van der Waals surface area (Å²) in [6.45, 7) is 3.93. The molecular formula is C34H22N4. The van der Waals surface area contributed by atoms with E-state index in [4.69, 9.17) is 0 Å². The van der Waals surface area contributed by atoms with Crippen molar-refractivity contribution in [2.24, 2.45) is 0 Å². The second-order valence-electron chi connectivity index (χ2n) is 9.66. The van der Waals surface area contributed by atoms with Gasteiger partial charge in [0, 0.05) is 21.5 Å². The minimum atomic E-state index is 0.423. The largest absolute Gasteiger partial charge is 0.307 e. The van der Waals surface area contributed by atoms with Gasteiger partial charge in [-0.1, -0.05) is 72.8 Å². The van der Waals surface area contributed by atoms with E-state index in [2.05, 4.69) is 118 Å². The average Bonchev–Trinajstić information content (AvgIpc) is 3.47. The van der Waals surface area contributed by atoms with Crippen LogP contribution < -0.4 is 0 Å². The van der Waals surface area contributed by atoms with Gasteiger partial charge in [-0.25, -0.2) is 0 Å². The minimum Gasteiger partial charge on any atom is -0.307 e. The van der Waals surface area contributed by atoms with E-state index in [1.54, 1.807) is 0 Å². The fourth-order valence-corrected chi connectivity index (χ4v) is 6.12. The normalized spacial score (nSPS) is 11.4. The summed E-state index contributed by atoms with van der Waals surface area (Å²) in [6, 6.07) is 38.2. The summed E-state index contributed by atoms with van der Waals surface area (Å²) >= 11 is 0. The van der Waals surface area contributed by atoms with Crippen LogP contribution in [0.15, 0.2) is 97.1 Å². The van der Waals surface area contributed by atoms with Crippen LogP contribution >= 0.6 is 0 Å². The summed E-state index contributed by atoms with van der Waals surface area (Å²) in [6.07, 6.45) is 0. The van der Waals surface area contributed by atoms with E-state index in [1.807, 2.05) is 13.8 Å². The van der Waals surface area contributed by atoms with Gasteiger partial charge in [0.1, 0.15) is 12.1 Å². The summed E-state index contributed by atoms with van der Waals surface area (Å²) in [5.41, 5.74) is 8.51. The zero-order valence-electron chi connectivity index (χ0n) is 21.0. The van der Waals surface area contributed by atoms with E-state index < -0.39 is 0 Å². The Kier molecular flexibility index (Phi) is 4.67. The average molecular weight is 487 g/mol. The van der Waals surface area contributed by atoms with E-state index in [0.717, 1.165) is 66.1 Å². The maximum atomic E-state index is 10.3. The molecule has 0 radical (unpaired) electrons. The fraction of sp³-hybridized carbons (Fsp3) is 0.0588. The number of rotatable bonds is 2. The Morgan fingerprint density at radius 3 is 0.974 bits per heavy atom. The molecule has 2 aromatic heterocycles. The van der Waals surface area contributed by atoms with E-state index in [1.165, 1.54) is 0 Å². The Labute approximate surface area is 219 Å². The van der Waals surface area contributed by atoms with Gasteiger partial charge in [-0.15, -0.1) is 0 Å². The molecule has 7 aromatic rings. The highest BCUT2D eigenvalue weighted by atomic mass is 15.1. The van der Waals surface area contributed by atoms with Gasteiger partial charge in [0.15, 0.2) is 0 Å². The summed E-state index contributed by atoms with van der Waals surface area (Å²) in [7, 11) is 0. The second-order valence-corrected chi connectivity index (χ2v) is 9.66. The van der Waals surface area contributed by atoms with E-state index in [0.29, 0.717) is 11.1 Å². The number of para-hydroxylation sites is 4. The molecule has 0 aliphatic carbocycles. The molecule has 0 saturated carbocycles. The summed E-state index contributed by atoms with van der Waals surface area (Å²) < 4.78 is 4.54. The molecule has 0 N–H and O–H groups in total. The number of aromatic nitrogens is 2. The molecule has 0 spiro atoms. The van der Waals surface area contributed by atoms with Crippen molar-refractivity contribution >= 4 is 43.6 Å². The van der Waals surface area contributed by atoms with Gasteiger partial charge in [0.25, 0.3) is 0 Å². The van der Waals surface area contributed by atoms with Gasteiger partial charge in [0.2, 0.25) is 0 Å². The molecule has 0 aliphatic rings. The standard InChI is InChI=1S/C34H22N4/c1-21-27(19-35)28(20-36)22(2)34(38-31-17-9-5-13-25(31)26-14-6-10-18-32(26)38)33(21)37-29-15-7-3-11-23(29)24-12-4-8-16-30(24)37/h3-18H,1-2H3. The molecule has 178 valence electrons. The van der Waals surface area contributed by atoms with Crippen molar-refractivity contribution in [3.63, 3.8) is 0 Å². The third-order valence-corrected chi connectivity index (χ3v) is 7.77. The highest BCUT2D eigenvalue weighted by Gasteiger charge is 2.26. The molecule has 7 rings (SSSR count). The molecule has 0 bridgehead atoms. The zero-order chi connectivity index (χ0) is 26.0. The number of hydrogen-bond donors (Lipinski definition) is 0. The lowest BCUT2D eigenvalue weighted by Crippen LogP contribution is -2.11. The molecule has 4 heteroatoms. The van der Waals surface area contributed by atoms with E-state index in [9.17, 15) is 10.5 Å². The highest BCUT2D eigenvalue weighted by Crippen LogP contribution is 2.42. The maximum absolute atomic E-state index is 10.3. The third-order valence-electron chi connectivity index (χ3n) is 7.77. The van der Waals surface area contributed by atoms with Crippen molar-refractivity contribution in [3.05, 3.63) is 119 Å². The predicted molar refractivity (Wildman–Crippen MR) is 154 cm³/mol. The maximum Gasteiger partial charge on any atom is 0.101 e. The van der Waals surface area contributed by atoms with Crippen LogP contribution in [-0.2, 0) is 0 Å². The van der Waals surface area contributed by atoms with Crippen LogP contribution in [0.1, 0.15) is 22.3 Å². The van der Waals surface area contributed by atoms with Crippen LogP contribution in [0.4, 0.5) is 0 Å². The molecular weight excluding hydrogens is 464 g/mol. The predicted octanol–water partition coefficient (Wildman–Crippen LogP) is 8.24. The highest BCUT2D eigenvalue weighted by molar-refractivity contribution is 6.12. The van der Waals surface area contributed by atoms with Crippen LogP contribution in [0.2, 0.25) is 0 Å². The smallest absolute Gasteiger partial charge is 0.101 e. The van der Waals surface area contributed by atoms with Crippen LogP contribution in [0, 0.1) is 36.5 Å². The molecule has 0 atom stereocenters. The molecule has 0 amide bonds. The van der Waals surface area contributed by atoms with Crippen molar-refractivity contribution in [1.29, 1.82) is 10.5 Å². The lowest BCUT2D eigenvalue weighted by molar-refractivity contribution is 1.05. The SMILES string of the molecule is Cc1c(C#N)c(C#N)c(C)c(-n2c3ccccc3c3ccccc32)c1-n1c2ccccc2c2ccccc21. The van der Waals surface area contributed by atoms with Crippen molar-refractivity contribution < 1.29 is 0 Å². The monoisotopic (exact) mass is 486 g/mol. The second kappa shape index (κ2) is 8.10. The van der Waals surface area contributed by atoms with Gasteiger partial charge >= 0.3 is 0 Å². The molecule has 2 heterocycles. The number of benzene rings is 5. The first-order valence-electron chi connectivity index (χ1n) is 12.6. The summed E-state index contributed by atoms with van der Waals surface area (Å²) in [4.78, 5) is 0. The minimum absolute atomic E-state index is 0.423. The topological polar surface area (TPSA) is 57.4 Å². The molecule has 4 nitrogen and oxygen atoms in total. The Hall–Kier alpha value is -5.32. The van der Waals surface area contributed by atoms with Crippen molar-refractivity contribution in [1.82, 2.24) is 9.13 Å². The van der Waals surface area contributed by atoms with Crippen LogP contribution in [-0.4, -0.2) is 9.13 Å². The van der Waals surface area contributed by atoms with E-state index in [-0.39, 0.29) is 0 Å². The van der Waals surface area contributed by atoms with Crippen LogP contribution in [0.25, 0.3) is 55.0 Å². The quantitative estimate of drug-likeness (QED) is 0.247. The Bertz CT molecular complexity index is 1910. The van der Waals surface area contributed by atoms with Gasteiger partial charge in [-0.05, 0) is 49.2 Å². The lowest BCUT2D eigenvalue weighted by atomic mass is 9.94. The van der Waals surface area contributed by atoms with Crippen LogP contribution in [0.5, 0.6) is 0 Å². The summed E-state index contributed by atoms with van der Waals surface area (Å²) in [5.74, 6) is 0. The third kappa shape index (κ3) is 2.78. The number of hydrogen-bond acceptors (Lipinski definition) is 2. The summed E-state index contributed by atoms with van der Waals surface area (Å²) in [5, 5.41) is 25.1. The van der Waals surface area contributed by atoms with Gasteiger partial charge in [-0.3, -0.25) is 0 Å². The first-order valence-corrected chi connectivity index (χ1v) is 12.6. The number of nitrogens with zero attached hydrogens (tertiary/aromatic N) is 4. The van der Waals surface area contributed by atoms with Gasteiger partial charge in [-0.2, -0.15) is 10.5 Å². The van der Waals surface area contributed by atoms with Crippen molar-refractivity contribution in [3.8, 4) is 23.5 Å². The van der Waals surface area contributed by atoms with Gasteiger partial charge < -0.3 is 9.13 Å². The van der Waals surface area contributed by atoms with Crippen molar-refractivity contribution in [2.75, 3.05) is 0 Å². The molecule has 0 aliphatic heterocycles. The molecule has 0 fully saturated rings. The first-order chi connectivity index (χ1) is 18.7.